The molecule has 1 aliphatic carbocycles. The van der Waals surface area contributed by atoms with Crippen LogP contribution < -0.4 is 0 Å². The van der Waals surface area contributed by atoms with Crippen LogP contribution in [0.2, 0.25) is 0 Å². The molecule has 0 radical (unpaired) electrons. The summed E-state index contributed by atoms with van der Waals surface area (Å²) in [4.78, 5) is 11.4. The average molecular weight is 166 g/mol. The molecule has 1 heteroatoms. The molecule has 0 amide bonds. The minimum atomic E-state index is 0.258. The van der Waals surface area contributed by atoms with Gasteiger partial charge >= 0.3 is 0 Å². The van der Waals surface area contributed by atoms with Gasteiger partial charge in [0.05, 0.1) is 0 Å². The standard InChI is InChI=1S/C11H18O/c1-4-5-10-6-8(2)7-11(12)9(10)3/h7,9-10H,4-6H2,1-3H3. The summed E-state index contributed by atoms with van der Waals surface area (Å²) in [5.41, 5.74) is 1.26. The van der Waals surface area contributed by atoms with Gasteiger partial charge in [-0.05, 0) is 31.8 Å². The Morgan fingerprint density at radius 2 is 2.25 bits per heavy atom. The van der Waals surface area contributed by atoms with Gasteiger partial charge in [0.2, 0.25) is 0 Å². The lowest BCUT2D eigenvalue weighted by molar-refractivity contribution is -0.119. The fourth-order valence-corrected chi connectivity index (χ4v) is 1.98. The first-order valence-corrected chi connectivity index (χ1v) is 4.86. The average Bonchev–Trinajstić information content (AvgIpc) is 2.00. The van der Waals surface area contributed by atoms with E-state index < -0.39 is 0 Å². The molecule has 0 heterocycles. The zero-order valence-electron chi connectivity index (χ0n) is 8.26. The molecule has 0 N–H and O–H groups in total. The van der Waals surface area contributed by atoms with Crippen LogP contribution in [0.3, 0.4) is 0 Å². The molecule has 0 aromatic carbocycles. The van der Waals surface area contributed by atoms with Gasteiger partial charge in [-0.1, -0.05) is 25.8 Å². The minimum Gasteiger partial charge on any atom is -0.295 e. The van der Waals surface area contributed by atoms with Crippen molar-refractivity contribution >= 4 is 5.78 Å². The topological polar surface area (TPSA) is 17.1 Å². The van der Waals surface area contributed by atoms with Gasteiger partial charge in [-0.3, -0.25) is 4.79 Å². The van der Waals surface area contributed by atoms with Gasteiger partial charge in [-0.25, -0.2) is 0 Å². The molecule has 0 fully saturated rings. The molecule has 0 aromatic rings. The van der Waals surface area contributed by atoms with Crippen LogP contribution in [-0.2, 0) is 4.79 Å². The normalized spacial score (nSPS) is 30.2. The van der Waals surface area contributed by atoms with Crippen molar-refractivity contribution in [2.45, 2.75) is 40.0 Å². The maximum atomic E-state index is 11.4. The highest BCUT2D eigenvalue weighted by atomic mass is 16.1. The number of hydrogen-bond acceptors (Lipinski definition) is 1. The van der Waals surface area contributed by atoms with Crippen molar-refractivity contribution in [1.82, 2.24) is 0 Å². The maximum Gasteiger partial charge on any atom is 0.158 e. The van der Waals surface area contributed by atoms with E-state index >= 15 is 0 Å². The molecule has 0 aliphatic heterocycles. The predicted molar refractivity (Wildman–Crippen MR) is 50.9 cm³/mol. The number of allylic oxidation sites excluding steroid dienone is 2. The lowest BCUT2D eigenvalue weighted by atomic mass is 9.78. The molecule has 0 bridgehead atoms. The van der Waals surface area contributed by atoms with Crippen LogP contribution in [0.1, 0.15) is 40.0 Å². The molecule has 2 unspecified atom stereocenters. The Hall–Kier alpha value is -0.590. The predicted octanol–water partition coefficient (Wildman–Crippen LogP) is 2.96. The quantitative estimate of drug-likeness (QED) is 0.616. The fourth-order valence-electron chi connectivity index (χ4n) is 1.98. The van der Waals surface area contributed by atoms with E-state index in [0.717, 1.165) is 6.42 Å². The summed E-state index contributed by atoms with van der Waals surface area (Å²) < 4.78 is 0. The Bertz CT molecular complexity index is 203. The number of rotatable bonds is 2. The van der Waals surface area contributed by atoms with Crippen molar-refractivity contribution in [3.05, 3.63) is 11.6 Å². The van der Waals surface area contributed by atoms with E-state index in [2.05, 4.69) is 20.8 Å². The molecular formula is C11H18O. The van der Waals surface area contributed by atoms with Crippen LogP contribution in [0.4, 0.5) is 0 Å². The van der Waals surface area contributed by atoms with Crippen molar-refractivity contribution in [2.24, 2.45) is 11.8 Å². The fraction of sp³-hybridized carbons (Fsp3) is 0.727. The van der Waals surface area contributed by atoms with Crippen molar-refractivity contribution in [2.75, 3.05) is 0 Å². The third kappa shape index (κ3) is 1.96. The number of carbonyl (C=O) groups excluding carboxylic acids is 1. The Kier molecular flexibility index (Phi) is 3.07. The third-order valence-corrected chi connectivity index (χ3v) is 2.79. The molecule has 0 aromatic heterocycles. The molecule has 0 saturated carbocycles. The molecule has 0 spiro atoms. The first kappa shape index (κ1) is 9.50. The van der Waals surface area contributed by atoms with Crippen LogP contribution in [0.15, 0.2) is 11.6 Å². The molecule has 1 rings (SSSR count). The summed E-state index contributed by atoms with van der Waals surface area (Å²) in [7, 11) is 0. The lowest BCUT2D eigenvalue weighted by Gasteiger charge is -2.26. The van der Waals surface area contributed by atoms with E-state index in [0.29, 0.717) is 11.7 Å². The molecular weight excluding hydrogens is 148 g/mol. The Labute approximate surface area is 74.9 Å². The summed E-state index contributed by atoms with van der Waals surface area (Å²) in [6.07, 6.45) is 5.32. The zero-order valence-corrected chi connectivity index (χ0v) is 8.26. The van der Waals surface area contributed by atoms with Gasteiger partial charge in [0.15, 0.2) is 5.78 Å². The number of ketones is 1. The second kappa shape index (κ2) is 3.88. The van der Waals surface area contributed by atoms with Crippen molar-refractivity contribution in [3.63, 3.8) is 0 Å². The van der Waals surface area contributed by atoms with Gasteiger partial charge in [0, 0.05) is 5.92 Å². The third-order valence-electron chi connectivity index (χ3n) is 2.79. The summed E-state index contributed by atoms with van der Waals surface area (Å²) in [6, 6.07) is 0. The Morgan fingerprint density at radius 3 is 2.83 bits per heavy atom. The molecule has 68 valence electrons. The van der Waals surface area contributed by atoms with Gasteiger partial charge in [0.1, 0.15) is 0 Å². The smallest absolute Gasteiger partial charge is 0.158 e. The van der Waals surface area contributed by atoms with Gasteiger partial charge in [-0.2, -0.15) is 0 Å². The van der Waals surface area contributed by atoms with Crippen LogP contribution in [0.25, 0.3) is 0 Å². The van der Waals surface area contributed by atoms with E-state index in [9.17, 15) is 4.79 Å². The van der Waals surface area contributed by atoms with E-state index in [1.807, 2.05) is 6.08 Å². The molecule has 0 saturated heterocycles. The summed E-state index contributed by atoms with van der Waals surface area (Å²) >= 11 is 0. The molecule has 12 heavy (non-hydrogen) atoms. The van der Waals surface area contributed by atoms with Gasteiger partial charge in [-0.15, -0.1) is 0 Å². The number of carbonyl (C=O) groups is 1. The molecule has 2 atom stereocenters. The zero-order chi connectivity index (χ0) is 9.14. The first-order chi connectivity index (χ1) is 5.65. The lowest BCUT2D eigenvalue weighted by Crippen LogP contribution is -2.24. The maximum absolute atomic E-state index is 11.4. The second-order valence-corrected chi connectivity index (χ2v) is 3.93. The van der Waals surface area contributed by atoms with Crippen LogP contribution in [-0.4, -0.2) is 5.78 Å². The van der Waals surface area contributed by atoms with E-state index in [4.69, 9.17) is 0 Å². The van der Waals surface area contributed by atoms with Gasteiger partial charge in [0.25, 0.3) is 0 Å². The van der Waals surface area contributed by atoms with Crippen LogP contribution >= 0.6 is 0 Å². The second-order valence-electron chi connectivity index (χ2n) is 3.93. The van der Waals surface area contributed by atoms with E-state index in [1.165, 1.54) is 18.4 Å². The largest absolute Gasteiger partial charge is 0.295 e. The summed E-state index contributed by atoms with van der Waals surface area (Å²) in [5.74, 6) is 1.19. The van der Waals surface area contributed by atoms with E-state index in [-0.39, 0.29) is 5.92 Å². The summed E-state index contributed by atoms with van der Waals surface area (Å²) in [5, 5.41) is 0. The first-order valence-electron chi connectivity index (χ1n) is 4.86. The SMILES string of the molecule is CCCC1CC(C)=CC(=O)C1C. The van der Waals surface area contributed by atoms with Crippen molar-refractivity contribution in [3.8, 4) is 0 Å². The number of hydrogen-bond donors (Lipinski definition) is 0. The molecule has 1 nitrogen and oxygen atoms in total. The van der Waals surface area contributed by atoms with Crippen molar-refractivity contribution < 1.29 is 4.79 Å². The minimum absolute atomic E-state index is 0.258. The van der Waals surface area contributed by atoms with Crippen molar-refractivity contribution in [1.29, 1.82) is 0 Å². The van der Waals surface area contributed by atoms with Gasteiger partial charge < -0.3 is 0 Å². The summed E-state index contributed by atoms with van der Waals surface area (Å²) in [6.45, 7) is 6.31. The van der Waals surface area contributed by atoms with E-state index in [1.54, 1.807) is 0 Å². The van der Waals surface area contributed by atoms with Crippen LogP contribution in [0.5, 0.6) is 0 Å². The highest BCUT2D eigenvalue weighted by Crippen LogP contribution is 2.30. The molecule has 1 aliphatic rings. The monoisotopic (exact) mass is 166 g/mol. The van der Waals surface area contributed by atoms with Crippen LogP contribution in [0, 0.1) is 11.8 Å². The Balaban J connectivity index is 2.67. The highest BCUT2D eigenvalue weighted by molar-refractivity contribution is 5.93. The highest BCUT2D eigenvalue weighted by Gasteiger charge is 2.25. The Morgan fingerprint density at radius 1 is 1.58 bits per heavy atom.